The number of alkyl halides is 1. The van der Waals surface area contributed by atoms with E-state index in [4.69, 9.17) is 27.9 Å². The number of pyridine rings is 1. The molecule has 23 heavy (non-hydrogen) atoms. The van der Waals surface area contributed by atoms with E-state index in [1.165, 1.54) is 18.2 Å². The predicted octanol–water partition coefficient (Wildman–Crippen LogP) is 2.79. The number of thiocarbonyl (C=S) groups is 1. The molecule has 0 bridgehead atoms. The van der Waals surface area contributed by atoms with E-state index >= 15 is 0 Å². The van der Waals surface area contributed by atoms with Gasteiger partial charge < -0.3 is 5.32 Å². The second kappa shape index (κ2) is 7.10. The zero-order chi connectivity index (χ0) is 17.0. The van der Waals surface area contributed by atoms with Crippen LogP contribution in [0.25, 0.3) is 0 Å². The molecule has 1 aromatic heterocycles. The molecule has 0 fully saturated rings. The lowest BCUT2D eigenvalue weighted by Crippen LogP contribution is -2.17. The highest BCUT2D eigenvalue weighted by Crippen LogP contribution is 2.37. The van der Waals surface area contributed by atoms with E-state index in [-0.39, 0.29) is 10.6 Å². The van der Waals surface area contributed by atoms with Crippen LogP contribution < -0.4 is 5.32 Å². The van der Waals surface area contributed by atoms with Crippen LogP contribution in [0.3, 0.4) is 0 Å². The van der Waals surface area contributed by atoms with E-state index in [1.807, 2.05) is 0 Å². The van der Waals surface area contributed by atoms with Crippen LogP contribution in [0.15, 0.2) is 47.5 Å². The summed E-state index contributed by atoms with van der Waals surface area (Å²) in [5.74, 6) is 0. The Hall–Kier alpha value is -1.93. The van der Waals surface area contributed by atoms with Gasteiger partial charge in [-0.25, -0.2) is 0 Å². The Morgan fingerprint density at radius 1 is 1.39 bits per heavy atom. The summed E-state index contributed by atoms with van der Waals surface area (Å²) in [5.41, 5.74) is 0.660. The van der Waals surface area contributed by atoms with Crippen molar-refractivity contribution in [2.45, 2.75) is 9.69 Å². The zero-order valence-electron chi connectivity index (χ0n) is 11.6. The van der Waals surface area contributed by atoms with Gasteiger partial charge in [-0.3, -0.25) is 19.5 Å². The highest BCUT2D eigenvalue weighted by atomic mass is 32.2. The van der Waals surface area contributed by atoms with Gasteiger partial charge in [0.25, 0.3) is 5.69 Å². The van der Waals surface area contributed by atoms with Crippen molar-refractivity contribution in [1.82, 2.24) is 4.98 Å². The maximum atomic E-state index is 13.4. The van der Waals surface area contributed by atoms with Crippen LogP contribution in [-0.4, -0.2) is 35.4 Å². The molecule has 0 aliphatic heterocycles. The molecule has 0 unspecified atom stereocenters. The molecule has 10 heteroatoms. The van der Waals surface area contributed by atoms with Crippen LogP contribution in [0.5, 0.6) is 0 Å². The minimum Gasteiger partial charge on any atom is -0.345 e. The molecule has 112 valence electrons. The van der Waals surface area contributed by atoms with Crippen molar-refractivity contribution in [3.63, 3.8) is 0 Å². The number of hydrogen-bond donors (Lipinski definition) is 1. The van der Waals surface area contributed by atoms with Gasteiger partial charge in [0.2, 0.25) is 0 Å². The average molecular weight is 343 g/mol. The fourth-order valence-electron chi connectivity index (χ4n) is 1.69. The van der Waals surface area contributed by atoms with Crippen molar-refractivity contribution in [1.29, 1.82) is 0 Å². The fourth-order valence-corrected chi connectivity index (χ4v) is 2.69. The summed E-state index contributed by atoms with van der Waals surface area (Å²) in [6.45, 7) is 0. The lowest BCUT2D eigenvalue weighted by molar-refractivity contribution is -0.387. The largest absolute Gasteiger partial charge is 0.345 e. The molecule has 2 aromatic rings. The molecular formula is C13H8B2FN3O2S2. The quantitative estimate of drug-likeness (QED) is 0.296. The van der Waals surface area contributed by atoms with Crippen LogP contribution in [0, 0.1) is 10.1 Å². The smallest absolute Gasteiger partial charge is 0.283 e. The standard InChI is InChI=1S/C13H8B2FN3O2S2/c14-13(15,16)23-11-7-8(4-5-10(11)19(20)21)18-12(22)9-3-1-2-6-17-9/h1-7H,(H,18,22). The number of halogens is 1. The molecular weight excluding hydrogens is 335 g/mol. The van der Waals surface area contributed by atoms with E-state index in [1.54, 1.807) is 24.4 Å². The molecule has 5 nitrogen and oxygen atoms in total. The van der Waals surface area contributed by atoms with E-state index in [0.29, 0.717) is 28.1 Å². The first-order valence-corrected chi connectivity index (χ1v) is 7.45. The molecule has 2 rings (SSSR count). The zero-order valence-corrected chi connectivity index (χ0v) is 13.2. The van der Waals surface area contributed by atoms with Crippen molar-refractivity contribution >= 4 is 56.0 Å². The second-order valence-corrected chi connectivity index (χ2v) is 6.09. The monoisotopic (exact) mass is 343 g/mol. The van der Waals surface area contributed by atoms with E-state index in [2.05, 4.69) is 10.3 Å². The molecule has 0 spiro atoms. The van der Waals surface area contributed by atoms with Crippen LogP contribution in [0.4, 0.5) is 15.8 Å². The summed E-state index contributed by atoms with van der Waals surface area (Å²) in [5, 5.41) is 13.9. The predicted molar refractivity (Wildman–Crippen MR) is 93.9 cm³/mol. The first kappa shape index (κ1) is 17.4. The maximum Gasteiger partial charge on any atom is 0.283 e. The van der Waals surface area contributed by atoms with E-state index < -0.39 is 9.72 Å². The SMILES string of the molecule is [B]C([B])(F)Sc1cc(NC(=S)c2ccccn2)ccc1[N+](=O)[O-]. The molecule has 0 saturated carbocycles. The second-order valence-electron chi connectivity index (χ2n) is 4.41. The highest BCUT2D eigenvalue weighted by molar-refractivity contribution is 8.03. The molecule has 0 amide bonds. The lowest BCUT2D eigenvalue weighted by Gasteiger charge is -2.15. The van der Waals surface area contributed by atoms with Gasteiger partial charge in [-0.2, -0.15) is 0 Å². The summed E-state index contributed by atoms with van der Waals surface area (Å²) in [4.78, 5) is 12.1. The topological polar surface area (TPSA) is 68.1 Å². The van der Waals surface area contributed by atoms with Crippen molar-refractivity contribution in [2.75, 3.05) is 5.32 Å². The van der Waals surface area contributed by atoms with Gasteiger partial charge in [-0.15, -0.1) is 0 Å². The van der Waals surface area contributed by atoms with Gasteiger partial charge >= 0.3 is 0 Å². The Bertz CT molecular complexity index is 742. The summed E-state index contributed by atoms with van der Waals surface area (Å²) < 4.78 is 13.4. The summed E-state index contributed by atoms with van der Waals surface area (Å²) in [6.07, 6.45) is 1.58. The van der Waals surface area contributed by atoms with Gasteiger partial charge in [-0.1, -0.05) is 30.0 Å². The first-order chi connectivity index (χ1) is 10.8. The third-order valence-corrected chi connectivity index (χ3v) is 3.75. The number of nitro groups is 1. The Morgan fingerprint density at radius 3 is 2.70 bits per heavy atom. The lowest BCUT2D eigenvalue weighted by atomic mass is 9.83. The fraction of sp³-hybridized carbons (Fsp3) is 0.0769. The number of nitrogens with zero attached hydrogens (tertiary/aromatic N) is 2. The molecule has 1 heterocycles. The molecule has 4 radical (unpaired) electrons. The maximum absolute atomic E-state index is 13.4. The Kier molecular flexibility index (Phi) is 5.38. The summed E-state index contributed by atoms with van der Waals surface area (Å²) >= 11 is 5.54. The Labute approximate surface area is 144 Å². The third-order valence-electron chi connectivity index (χ3n) is 2.58. The molecule has 0 aliphatic rings. The van der Waals surface area contributed by atoms with Gasteiger partial charge in [0.1, 0.15) is 20.7 Å². The number of nitro benzene ring substituents is 1. The number of rotatable bonds is 5. The number of thioether (sulfide) groups is 1. The van der Waals surface area contributed by atoms with E-state index in [0.717, 1.165) is 0 Å². The van der Waals surface area contributed by atoms with Crippen LogP contribution in [-0.2, 0) is 0 Å². The summed E-state index contributed by atoms with van der Waals surface area (Å²) in [6, 6.07) is 9.25. The minimum atomic E-state index is -2.63. The van der Waals surface area contributed by atoms with Gasteiger partial charge in [0.05, 0.1) is 20.3 Å². The average Bonchev–Trinajstić information content (AvgIpc) is 2.46. The molecule has 1 aromatic carbocycles. The molecule has 0 aliphatic carbocycles. The molecule has 0 saturated heterocycles. The van der Waals surface area contributed by atoms with Gasteiger partial charge in [-0.05, 0) is 24.3 Å². The van der Waals surface area contributed by atoms with Crippen molar-refractivity contribution in [3.8, 4) is 0 Å². The Morgan fingerprint density at radius 2 is 2.13 bits per heavy atom. The molecule has 0 atom stereocenters. The summed E-state index contributed by atoms with van der Waals surface area (Å²) in [7, 11) is 10.1. The van der Waals surface area contributed by atoms with E-state index in [9.17, 15) is 14.5 Å². The Balaban J connectivity index is 2.28. The van der Waals surface area contributed by atoms with Crippen LogP contribution in [0.2, 0.25) is 0 Å². The van der Waals surface area contributed by atoms with Gasteiger partial charge in [0.15, 0.2) is 0 Å². The number of anilines is 1. The number of benzene rings is 1. The number of aromatic nitrogens is 1. The first-order valence-electron chi connectivity index (χ1n) is 6.23. The van der Waals surface area contributed by atoms with Gasteiger partial charge in [0, 0.05) is 18.0 Å². The normalized spacial score (nSPS) is 11.0. The number of nitrogens with one attached hydrogen (secondary N) is 1. The third kappa shape index (κ3) is 5.04. The molecule has 1 N–H and O–H groups in total. The van der Waals surface area contributed by atoms with Crippen LogP contribution >= 0.6 is 24.0 Å². The van der Waals surface area contributed by atoms with Crippen molar-refractivity contribution in [3.05, 3.63) is 58.4 Å². The number of hydrogen-bond acceptors (Lipinski definition) is 5. The van der Waals surface area contributed by atoms with Crippen LogP contribution in [0.1, 0.15) is 5.69 Å². The minimum absolute atomic E-state index is 0.0173. The van der Waals surface area contributed by atoms with Crippen molar-refractivity contribution in [2.24, 2.45) is 0 Å². The highest BCUT2D eigenvalue weighted by Gasteiger charge is 2.23. The van der Waals surface area contributed by atoms with Crippen molar-refractivity contribution < 1.29 is 9.31 Å².